The van der Waals surface area contributed by atoms with Crippen LogP contribution in [0.3, 0.4) is 0 Å². The lowest BCUT2D eigenvalue weighted by molar-refractivity contribution is -0.140. The lowest BCUT2D eigenvalue weighted by Crippen LogP contribution is -2.55. The van der Waals surface area contributed by atoms with Gasteiger partial charge in [0, 0.05) is 24.0 Å². The number of nitrogens with zero attached hydrogens (tertiary/aromatic N) is 2. The van der Waals surface area contributed by atoms with Gasteiger partial charge in [-0.15, -0.1) is 0 Å². The number of hydrogen-bond acceptors (Lipinski definition) is 4. The van der Waals surface area contributed by atoms with E-state index in [1.807, 2.05) is 30.3 Å². The van der Waals surface area contributed by atoms with Gasteiger partial charge in [0.2, 0.25) is 11.8 Å². The Morgan fingerprint density at radius 2 is 1.46 bits per heavy atom. The lowest BCUT2D eigenvalue weighted by Gasteiger charge is -2.35. The first-order valence-corrected chi connectivity index (χ1v) is 17.2. The molecule has 0 radical (unpaired) electrons. The summed E-state index contributed by atoms with van der Waals surface area (Å²) in [6, 6.07) is 28.3. The van der Waals surface area contributed by atoms with Gasteiger partial charge in [-0.05, 0) is 60.4 Å². The Balaban J connectivity index is 1.56. The first-order valence-electron chi connectivity index (χ1n) is 15.4. The van der Waals surface area contributed by atoms with E-state index in [2.05, 4.69) is 5.32 Å². The number of carbonyl (C=O) groups excluding carboxylic acids is 2. The molecule has 240 valence electrons. The standard InChI is InChI=1S/C36H37ClFN3O4S/c37-29-16-12-15-28(23-29)25-40(34(24-27-13-4-1-5-14-27)36(43)39-30-17-6-2-7-18-30)35(42)26-41(33-22-11-10-21-32(33)38)46(44,45)31-19-8-3-9-20-31/h1,3-5,8-16,19-23,30,34H,2,6-7,17-18,24-26H2,(H,39,43)/t34-/m0/s1. The van der Waals surface area contributed by atoms with Crippen molar-refractivity contribution >= 4 is 39.1 Å². The highest BCUT2D eigenvalue weighted by molar-refractivity contribution is 7.92. The zero-order valence-electron chi connectivity index (χ0n) is 25.4. The molecule has 7 nitrogen and oxygen atoms in total. The summed E-state index contributed by atoms with van der Waals surface area (Å²) >= 11 is 6.31. The Morgan fingerprint density at radius 3 is 2.13 bits per heavy atom. The van der Waals surface area contributed by atoms with Crippen LogP contribution in [0.15, 0.2) is 114 Å². The van der Waals surface area contributed by atoms with E-state index in [1.54, 1.807) is 42.5 Å². The third-order valence-corrected chi connectivity index (χ3v) is 10.2. The zero-order valence-corrected chi connectivity index (χ0v) is 27.0. The molecule has 4 aromatic carbocycles. The van der Waals surface area contributed by atoms with Crippen molar-refractivity contribution in [1.82, 2.24) is 10.2 Å². The molecule has 1 aliphatic rings. The molecule has 4 aromatic rings. The second-order valence-corrected chi connectivity index (χ2v) is 13.8. The van der Waals surface area contributed by atoms with Gasteiger partial charge in [-0.1, -0.05) is 104 Å². The summed E-state index contributed by atoms with van der Waals surface area (Å²) in [7, 11) is -4.39. The molecular formula is C36H37ClFN3O4S. The second-order valence-electron chi connectivity index (χ2n) is 11.5. The third-order valence-electron chi connectivity index (χ3n) is 8.20. The molecule has 0 spiro atoms. The molecule has 5 rings (SSSR count). The summed E-state index contributed by atoms with van der Waals surface area (Å²) in [5.41, 5.74) is 1.22. The molecule has 1 saturated carbocycles. The molecule has 1 N–H and O–H groups in total. The van der Waals surface area contributed by atoms with Crippen LogP contribution in [0.1, 0.15) is 43.2 Å². The SMILES string of the molecule is O=C(NC1CCCCC1)[C@H](Cc1ccccc1)N(Cc1cccc(Cl)c1)C(=O)CN(c1ccccc1F)S(=O)(=O)c1ccccc1. The van der Waals surface area contributed by atoms with Crippen molar-refractivity contribution in [2.24, 2.45) is 0 Å². The monoisotopic (exact) mass is 661 g/mol. The third kappa shape index (κ3) is 8.33. The van der Waals surface area contributed by atoms with Crippen molar-refractivity contribution in [2.75, 3.05) is 10.8 Å². The molecule has 0 aromatic heterocycles. The lowest BCUT2D eigenvalue weighted by atomic mass is 9.94. The smallest absolute Gasteiger partial charge is 0.264 e. The van der Waals surface area contributed by atoms with Gasteiger partial charge in [-0.3, -0.25) is 13.9 Å². The molecule has 2 amide bonds. The van der Waals surface area contributed by atoms with Crippen LogP contribution in [-0.2, 0) is 32.6 Å². The Hall–Kier alpha value is -4.21. The largest absolute Gasteiger partial charge is 0.352 e. The summed E-state index contributed by atoms with van der Waals surface area (Å²) in [6.45, 7) is -0.758. The molecule has 10 heteroatoms. The first kappa shape index (κ1) is 33.2. The summed E-state index contributed by atoms with van der Waals surface area (Å²) < 4.78 is 44.0. The zero-order chi connectivity index (χ0) is 32.5. The van der Waals surface area contributed by atoms with Crippen molar-refractivity contribution in [3.05, 3.63) is 131 Å². The molecule has 0 saturated heterocycles. The minimum absolute atomic E-state index is 0.0176. The molecule has 1 atom stereocenters. The van der Waals surface area contributed by atoms with E-state index in [9.17, 15) is 18.0 Å². The molecule has 1 fully saturated rings. The Kier molecular flexibility index (Phi) is 11.1. The number of benzene rings is 4. The highest BCUT2D eigenvalue weighted by Gasteiger charge is 2.36. The normalized spacial score (nSPS) is 14.3. The predicted molar refractivity (Wildman–Crippen MR) is 178 cm³/mol. The van der Waals surface area contributed by atoms with Crippen LogP contribution in [-0.4, -0.2) is 43.8 Å². The minimum Gasteiger partial charge on any atom is -0.352 e. The van der Waals surface area contributed by atoms with E-state index in [0.29, 0.717) is 10.6 Å². The van der Waals surface area contributed by atoms with Crippen LogP contribution in [0.2, 0.25) is 5.02 Å². The van der Waals surface area contributed by atoms with Crippen LogP contribution >= 0.6 is 11.6 Å². The Morgan fingerprint density at radius 1 is 0.826 bits per heavy atom. The molecule has 0 bridgehead atoms. The average molecular weight is 662 g/mol. The fraction of sp³-hybridized carbons (Fsp3) is 0.278. The van der Waals surface area contributed by atoms with Gasteiger partial charge in [0.05, 0.1) is 10.6 Å². The number of sulfonamides is 1. The minimum atomic E-state index is -4.39. The number of para-hydroxylation sites is 1. The van der Waals surface area contributed by atoms with Gasteiger partial charge in [-0.2, -0.15) is 0 Å². The maximum Gasteiger partial charge on any atom is 0.264 e. The summed E-state index contributed by atoms with van der Waals surface area (Å²) in [4.78, 5) is 29.9. The number of nitrogens with one attached hydrogen (secondary N) is 1. The quantitative estimate of drug-likeness (QED) is 0.182. The topological polar surface area (TPSA) is 86.8 Å². The van der Waals surface area contributed by atoms with Gasteiger partial charge in [-0.25, -0.2) is 12.8 Å². The molecule has 1 aliphatic carbocycles. The molecule has 0 unspecified atom stereocenters. The van der Waals surface area contributed by atoms with E-state index in [-0.39, 0.29) is 35.5 Å². The van der Waals surface area contributed by atoms with Gasteiger partial charge in [0.1, 0.15) is 18.4 Å². The fourth-order valence-electron chi connectivity index (χ4n) is 5.82. The number of amides is 2. The van der Waals surface area contributed by atoms with E-state index < -0.39 is 34.3 Å². The van der Waals surface area contributed by atoms with Crippen molar-refractivity contribution in [2.45, 2.75) is 62.0 Å². The highest BCUT2D eigenvalue weighted by Crippen LogP contribution is 2.28. The molecule has 46 heavy (non-hydrogen) atoms. The van der Waals surface area contributed by atoms with E-state index in [4.69, 9.17) is 11.6 Å². The number of carbonyl (C=O) groups is 2. The van der Waals surface area contributed by atoms with Crippen LogP contribution in [0, 0.1) is 5.82 Å². The second kappa shape index (κ2) is 15.4. The maximum absolute atomic E-state index is 15.3. The van der Waals surface area contributed by atoms with Crippen molar-refractivity contribution in [3.8, 4) is 0 Å². The average Bonchev–Trinajstić information content (AvgIpc) is 3.07. The number of hydrogen-bond donors (Lipinski definition) is 1. The summed E-state index contributed by atoms with van der Waals surface area (Å²) in [6.07, 6.45) is 5.02. The number of rotatable bonds is 12. The summed E-state index contributed by atoms with van der Waals surface area (Å²) in [5.74, 6) is -1.79. The van der Waals surface area contributed by atoms with Crippen LogP contribution < -0.4 is 9.62 Å². The van der Waals surface area contributed by atoms with Crippen molar-refractivity contribution in [1.29, 1.82) is 0 Å². The van der Waals surface area contributed by atoms with Crippen molar-refractivity contribution in [3.63, 3.8) is 0 Å². The van der Waals surface area contributed by atoms with Gasteiger partial charge < -0.3 is 10.2 Å². The molecule has 0 aliphatic heterocycles. The van der Waals surface area contributed by atoms with Gasteiger partial charge in [0.15, 0.2) is 0 Å². The van der Waals surface area contributed by atoms with Crippen LogP contribution in [0.25, 0.3) is 0 Å². The van der Waals surface area contributed by atoms with Gasteiger partial charge in [0.25, 0.3) is 10.0 Å². The fourth-order valence-corrected chi connectivity index (χ4v) is 7.47. The molecular weight excluding hydrogens is 625 g/mol. The van der Waals surface area contributed by atoms with Crippen LogP contribution in [0.5, 0.6) is 0 Å². The summed E-state index contributed by atoms with van der Waals surface area (Å²) in [5, 5.41) is 3.63. The van der Waals surface area contributed by atoms with E-state index >= 15 is 4.39 Å². The van der Waals surface area contributed by atoms with E-state index in [1.165, 1.54) is 35.2 Å². The van der Waals surface area contributed by atoms with Crippen LogP contribution in [0.4, 0.5) is 10.1 Å². The number of anilines is 1. The van der Waals surface area contributed by atoms with Gasteiger partial charge >= 0.3 is 0 Å². The predicted octanol–water partition coefficient (Wildman–Crippen LogP) is 6.76. The van der Waals surface area contributed by atoms with E-state index in [0.717, 1.165) is 48.0 Å². The number of halogens is 2. The Bertz CT molecular complexity index is 1730. The Labute approximate surface area is 275 Å². The maximum atomic E-state index is 15.3. The highest BCUT2D eigenvalue weighted by atomic mass is 35.5. The molecule has 0 heterocycles. The van der Waals surface area contributed by atoms with Crippen molar-refractivity contribution < 1.29 is 22.4 Å². The first-order chi connectivity index (χ1) is 22.2.